The molecular weight excluding hydrogens is 340 g/mol. The first-order valence-electron chi connectivity index (χ1n) is 9.31. The zero-order chi connectivity index (χ0) is 18.9. The van der Waals surface area contributed by atoms with E-state index in [1.807, 2.05) is 12.2 Å². The molecule has 26 heavy (non-hydrogen) atoms. The molecule has 0 N–H and O–H groups in total. The van der Waals surface area contributed by atoms with Crippen LogP contribution in [0.4, 0.5) is 0 Å². The van der Waals surface area contributed by atoms with Crippen LogP contribution in [0, 0.1) is 17.3 Å². The van der Waals surface area contributed by atoms with Gasteiger partial charge >= 0.3 is 17.9 Å². The minimum absolute atomic E-state index is 0.0351. The van der Waals surface area contributed by atoms with Gasteiger partial charge in [0.05, 0.1) is 37.9 Å². The molecule has 2 fully saturated rings. The monoisotopic (exact) mass is 366 g/mol. The van der Waals surface area contributed by atoms with E-state index in [-0.39, 0.29) is 44.7 Å². The van der Waals surface area contributed by atoms with Crippen molar-refractivity contribution in [1.29, 1.82) is 0 Å². The van der Waals surface area contributed by atoms with E-state index in [2.05, 4.69) is 0 Å². The summed E-state index contributed by atoms with van der Waals surface area (Å²) in [6, 6.07) is 0. The molecule has 1 aliphatic carbocycles. The summed E-state index contributed by atoms with van der Waals surface area (Å²) in [6.07, 6.45) is 4.70. The zero-order valence-electron chi connectivity index (χ0n) is 15.5. The number of ether oxygens (including phenoxy) is 4. The lowest BCUT2D eigenvalue weighted by Gasteiger charge is -2.36. The number of esters is 3. The fraction of sp³-hybridized carbons (Fsp3) is 0.737. The van der Waals surface area contributed by atoms with E-state index < -0.39 is 34.8 Å². The molecule has 4 atom stereocenters. The van der Waals surface area contributed by atoms with Crippen LogP contribution in [-0.4, -0.2) is 49.4 Å². The van der Waals surface area contributed by atoms with Crippen molar-refractivity contribution < 1.29 is 33.3 Å². The van der Waals surface area contributed by atoms with Crippen LogP contribution in [0.3, 0.4) is 0 Å². The van der Waals surface area contributed by atoms with Gasteiger partial charge in [0.15, 0.2) is 5.41 Å². The highest BCUT2D eigenvalue weighted by molar-refractivity contribution is 6.02. The molecule has 1 saturated heterocycles. The highest BCUT2D eigenvalue weighted by Gasteiger charge is 2.73. The van der Waals surface area contributed by atoms with Crippen molar-refractivity contribution in [3.8, 4) is 0 Å². The summed E-state index contributed by atoms with van der Waals surface area (Å²) in [5.41, 5.74) is -2.37. The van der Waals surface area contributed by atoms with E-state index in [1.165, 1.54) is 0 Å². The van der Waals surface area contributed by atoms with Crippen molar-refractivity contribution in [3.63, 3.8) is 0 Å². The average molecular weight is 366 g/mol. The molecule has 2 heterocycles. The fourth-order valence-corrected chi connectivity index (χ4v) is 4.84. The molecule has 2 bridgehead atoms. The van der Waals surface area contributed by atoms with E-state index in [9.17, 15) is 14.4 Å². The molecule has 3 rings (SSSR count). The fourth-order valence-electron chi connectivity index (χ4n) is 4.84. The molecule has 7 nitrogen and oxygen atoms in total. The Kier molecular flexibility index (Phi) is 5.10. The van der Waals surface area contributed by atoms with Crippen LogP contribution in [0.25, 0.3) is 0 Å². The van der Waals surface area contributed by atoms with E-state index in [0.29, 0.717) is 0 Å². The number of hydrogen-bond acceptors (Lipinski definition) is 7. The molecule has 144 valence electrons. The Balaban J connectivity index is 2.05. The van der Waals surface area contributed by atoms with Gasteiger partial charge in [-0.3, -0.25) is 14.4 Å². The van der Waals surface area contributed by atoms with Gasteiger partial charge in [0.25, 0.3) is 0 Å². The number of carbonyl (C=O) groups excluding carboxylic acids is 3. The largest absolute Gasteiger partial charge is 0.466 e. The van der Waals surface area contributed by atoms with Gasteiger partial charge in [0.1, 0.15) is 0 Å². The van der Waals surface area contributed by atoms with Crippen LogP contribution in [0.5, 0.6) is 0 Å². The Hall–Kier alpha value is -1.89. The van der Waals surface area contributed by atoms with Gasteiger partial charge in [-0.05, 0) is 39.5 Å². The number of fused-ring (bicyclic) bond motifs is 1. The van der Waals surface area contributed by atoms with Gasteiger partial charge in [-0.25, -0.2) is 0 Å². The Morgan fingerprint density at radius 3 is 2.19 bits per heavy atom. The van der Waals surface area contributed by atoms with Crippen molar-refractivity contribution in [2.75, 3.05) is 19.8 Å². The summed E-state index contributed by atoms with van der Waals surface area (Å²) in [5, 5.41) is 0. The maximum atomic E-state index is 13.0. The molecular formula is C19H26O7. The molecule has 0 unspecified atom stereocenters. The first-order valence-corrected chi connectivity index (χ1v) is 9.31. The van der Waals surface area contributed by atoms with Crippen LogP contribution in [-0.2, 0) is 33.3 Å². The quantitative estimate of drug-likeness (QED) is 0.294. The van der Waals surface area contributed by atoms with Gasteiger partial charge in [-0.2, -0.15) is 0 Å². The van der Waals surface area contributed by atoms with Crippen LogP contribution >= 0.6 is 0 Å². The maximum absolute atomic E-state index is 13.0. The number of rotatable bonds is 7. The lowest BCUT2D eigenvalue weighted by Crippen LogP contribution is -2.51. The molecule has 1 saturated carbocycles. The summed E-state index contributed by atoms with van der Waals surface area (Å²) < 4.78 is 21.8. The second-order valence-electron chi connectivity index (χ2n) is 6.98. The predicted molar refractivity (Wildman–Crippen MR) is 89.9 cm³/mol. The third-order valence-corrected chi connectivity index (χ3v) is 5.75. The SMILES string of the molecule is CCOC(=O)C[C@@H]1C(C(=O)OCC)(C(=O)OCC)C[C@@H]2C[C@H]3C=C[C@]21O3. The average Bonchev–Trinajstić information content (AvgIpc) is 3.24. The first-order chi connectivity index (χ1) is 12.4. The van der Waals surface area contributed by atoms with Gasteiger partial charge < -0.3 is 18.9 Å². The summed E-state index contributed by atoms with van der Waals surface area (Å²) in [4.78, 5) is 38.3. The van der Waals surface area contributed by atoms with E-state index in [1.54, 1.807) is 20.8 Å². The van der Waals surface area contributed by atoms with Gasteiger partial charge in [0, 0.05) is 5.92 Å². The van der Waals surface area contributed by atoms with E-state index in [4.69, 9.17) is 18.9 Å². The van der Waals surface area contributed by atoms with Crippen LogP contribution in [0.2, 0.25) is 0 Å². The first kappa shape index (κ1) is 18.9. The third-order valence-electron chi connectivity index (χ3n) is 5.75. The standard InChI is InChI=1S/C19H26O7/c1-4-23-15(20)10-14-18(16(21)24-5-2,17(22)25-6-3)11-12-9-13-7-8-19(12,14)26-13/h7-8,12-14H,4-6,9-11H2,1-3H3/t12-,13+,14+,19-/m0/s1. The Morgan fingerprint density at radius 2 is 1.65 bits per heavy atom. The Bertz CT molecular complexity index is 607. The molecule has 2 aliphatic heterocycles. The molecule has 0 radical (unpaired) electrons. The van der Waals surface area contributed by atoms with Crippen molar-refractivity contribution in [2.45, 2.75) is 51.7 Å². The van der Waals surface area contributed by atoms with Crippen molar-refractivity contribution in [1.82, 2.24) is 0 Å². The maximum Gasteiger partial charge on any atom is 0.323 e. The second-order valence-corrected chi connectivity index (χ2v) is 6.98. The van der Waals surface area contributed by atoms with Crippen LogP contribution in [0.15, 0.2) is 12.2 Å². The lowest BCUT2D eigenvalue weighted by molar-refractivity contribution is -0.180. The molecule has 0 aromatic carbocycles. The van der Waals surface area contributed by atoms with E-state index >= 15 is 0 Å². The van der Waals surface area contributed by atoms with Gasteiger partial charge in [-0.1, -0.05) is 12.2 Å². The smallest absolute Gasteiger partial charge is 0.323 e. The minimum Gasteiger partial charge on any atom is -0.466 e. The Labute approximate surface area is 153 Å². The normalized spacial score (nSPS) is 33.0. The lowest BCUT2D eigenvalue weighted by atomic mass is 9.71. The zero-order valence-corrected chi connectivity index (χ0v) is 15.5. The van der Waals surface area contributed by atoms with Gasteiger partial charge in [0.2, 0.25) is 0 Å². The summed E-state index contributed by atoms with van der Waals surface area (Å²) in [5.74, 6) is -2.49. The molecule has 0 amide bonds. The molecule has 0 aromatic heterocycles. The third kappa shape index (κ3) is 2.64. The summed E-state index contributed by atoms with van der Waals surface area (Å²) >= 11 is 0. The molecule has 7 heteroatoms. The summed E-state index contributed by atoms with van der Waals surface area (Å²) in [7, 11) is 0. The summed E-state index contributed by atoms with van der Waals surface area (Å²) in [6.45, 7) is 5.61. The van der Waals surface area contributed by atoms with Gasteiger partial charge in [-0.15, -0.1) is 0 Å². The molecule has 0 aromatic rings. The Morgan fingerprint density at radius 1 is 1.04 bits per heavy atom. The van der Waals surface area contributed by atoms with Crippen molar-refractivity contribution >= 4 is 17.9 Å². The van der Waals surface area contributed by atoms with Crippen molar-refractivity contribution in [3.05, 3.63) is 12.2 Å². The van der Waals surface area contributed by atoms with Crippen LogP contribution in [0.1, 0.15) is 40.0 Å². The highest BCUT2D eigenvalue weighted by atomic mass is 16.6. The second kappa shape index (κ2) is 7.02. The molecule has 3 aliphatic rings. The highest BCUT2D eigenvalue weighted by Crippen LogP contribution is 2.64. The van der Waals surface area contributed by atoms with E-state index in [0.717, 1.165) is 6.42 Å². The molecule has 1 spiro atoms. The minimum atomic E-state index is -1.55. The predicted octanol–water partition coefficient (Wildman–Crippen LogP) is 1.79. The van der Waals surface area contributed by atoms with Crippen LogP contribution < -0.4 is 0 Å². The number of hydrogen-bond donors (Lipinski definition) is 0. The number of carbonyl (C=O) groups is 3. The van der Waals surface area contributed by atoms with Crippen molar-refractivity contribution in [2.24, 2.45) is 17.3 Å². The topological polar surface area (TPSA) is 88.1 Å².